The highest BCUT2D eigenvalue weighted by Gasteiger charge is 2.54. The minimum Gasteiger partial charge on any atom is -0.468 e. The van der Waals surface area contributed by atoms with Gasteiger partial charge in [-0.3, -0.25) is 9.59 Å². The number of hydrogen-bond donors (Lipinski definition) is 0. The first-order valence-corrected chi connectivity index (χ1v) is 7.07. The van der Waals surface area contributed by atoms with Crippen molar-refractivity contribution in [3.8, 4) is 0 Å². The van der Waals surface area contributed by atoms with E-state index < -0.39 is 17.5 Å². The van der Waals surface area contributed by atoms with Crippen molar-refractivity contribution in [3.63, 3.8) is 0 Å². The first-order chi connectivity index (χ1) is 10.7. The van der Waals surface area contributed by atoms with Crippen LogP contribution in [0, 0.1) is 5.92 Å². The van der Waals surface area contributed by atoms with Crippen molar-refractivity contribution in [1.82, 2.24) is 0 Å². The fourth-order valence-corrected chi connectivity index (χ4v) is 2.88. The number of rotatable bonds is 3. The van der Waals surface area contributed by atoms with Crippen molar-refractivity contribution < 1.29 is 19.1 Å². The lowest BCUT2D eigenvalue weighted by molar-refractivity contribution is -0.148. The maximum absolute atomic E-state index is 13.0. The van der Waals surface area contributed by atoms with Crippen LogP contribution in [0.15, 0.2) is 60.7 Å². The quantitative estimate of drug-likeness (QED) is 0.644. The van der Waals surface area contributed by atoms with Crippen molar-refractivity contribution in [3.05, 3.63) is 71.8 Å². The largest absolute Gasteiger partial charge is 0.468 e. The molecule has 1 fully saturated rings. The van der Waals surface area contributed by atoms with E-state index in [0.717, 1.165) is 11.1 Å². The molecule has 1 heterocycles. The molecule has 112 valence electrons. The van der Waals surface area contributed by atoms with Gasteiger partial charge in [0.2, 0.25) is 0 Å². The maximum Gasteiger partial charge on any atom is 0.318 e. The van der Waals surface area contributed by atoms with E-state index in [9.17, 15) is 9.59 Å². The number of Topliss-reactive ketones (excluding diaryl/α,β-unsaturated/α-hetero) is 1. The van der Waals surface area contributed by atoms with Crippen LogP contribution in [0.3, 0.4) is 0 Å². The van der Waals surface area contributed by atoms with E-state index in [4.69, 9.17) is 9.47 Å². The fraction of sp³-hybridized carbons (Fsp3) is 0.222. The average Bonchev–Trinajstić information content (AvgIpc) is 2.94. The van der Waals surface area contributed by atoms with Crippen LogP contribution in [0.2, 0.25) is 0 Å². The van der Waals surface area contributed by atoms with Gasteiger partial charge in [0.05, 0.1) is 13.7 Å². The third kappa shape index (κ3) is 2.12. The highest BCUT2D eigenvalue weighted by atomic mass is 16.5. The van der Waals surface area contributed by atoms with Gasteiger partial charge in [0.15, 0.2) is 11.4 Å². The molecule has 1 unspecified atom stereocenters. The van der Waals surface area contributed by atoms with Crippen LogP contribution in [0.5, 0.6) is 0 Å². The van der Waals surface area contributed by atoms with Crippen molar-refractivity contribution in [1.29, 1.82) is 0 Å². The number of ether oxygens (including phenoxy) is 2. The highest BCUT2D eigenvalue weighted by molar-refractivity contribution is 6.07. The summed E-state index contributed by atoms with van der Waals surface area (Å²) in [6.45, 7) is 0.0231. The predicted molar refractivity (Wildman–Crippen MR) is 80.1 cm³/mol. The molecule has 0 aliphatic carbocycles. The van der Waals surface area contributed by atoms with Gasteiger partial charge in [-0.15, -0.1) is 0 Å². The van der Waals surface area contributed by atoms with Crippen LogP contribution in [0.25, 0.3) is 0 Å². The van der Waals surface area contributed by atoms with Gasteiger partial charge < -0.3 is 9.47 Å². The number of carbonyl (C=O) groups excluding carboxylic acids is 2. The van der Waals surface area contributed by atoms with E-state index >= 15 is 0 Å². The Morgan fingerprint density at radius 1 is 1.05 bits per heavy atom. The lowest BCUT2D eigenvalue weighted by atomic mass is 9.80. The van der Waals surface area contributed by atoms with Crippen molar-refractivity contribution in [2.24, 2.45) is 5.92 Å². The van der Waals surface area contributed by atoms with Crippen LogP contribution < -0.4 is 0 Å². The minimum absolute atomic E-state index is 0.0231. The summed E-state index contributed by atoms with van der Waals surface area (Å²) in [6, 6.07) is 18.5. The molecule has 0 N–H and O–H groups in total. The van der Waals surface area contributed by atoms with E-state index in [0.29, 0.717) is 0 Å². The van der Waals surface area contributed by atoms with Crippen molar-refractivity contribution >= 4 is 11.8 Å². The van der Waals surface area contributed by atoms with E-state index in [-0.39, 0.29) is 12.4 Å². The number of carbonyl (C=O) groups is 2. The Bertz CT molecular complexity index is 639. The Balaban J connectivity index is 2.15. The second-order valence-electron chi connectivity index (χ2n) is 5.16. The number of esters is 1. The van der Waals surface area contributed by atoms with Crippen molar-refractivity contribution in [2.45, 2.75) is 5.60 Å². The molecule has 0 bridgehead atoms. The van der Waals surface area contributed by atoms with Crippen LogP contribution in [0.1, 0.15) is 11.1 Å². The number of ketones is 1. The maximum atomic E-state index is 13.0. The molecule has 2 aromatic carbocycles. The molecule has 0 saturated carbocycles. The second kappa shape index (κ2) is 5.73. The summed E-state index contributed by atoms with van der Waals surface area (Å²) in [4.78, 5) is 24.9. The Morgan fingerprint density at radius 2 is 1.55 bits per heavy atom. The average molecular weight is 296 g/mol. The van der Waals surface area contributed by atoms with E-state index in [1.807, 2.05) is 60.7 Å². The number of benzene rings is 2. The standard InChI is InChI=1S/C18H16O4/c1-21-17(20)15-12-22-18(16(15)19,13-8-4-2-5-9-13)14-10-6-3-7-11-14/h2-11,15H,12H2,1H3. The second-order valence-corrected chi connectivity index (χ2v) is 5.16. The van der Waals surface area contributed by atoms with E-state index in [1.165, 1.54) is 7.11 Å². The van der Waals surface area contributed by atoms with E-state index in [2.05, 4.69) is 0 Å². The molecule has 1 aliphatic heterocycles. The summed E-state index contributed by atoms with van der Waals surface area (Å²) >= 11 is 0. The smallest absolute Gasteiger partial charge is 0.318 e. The first-order valence-electron chi connectivity index (χ1n) is 7.07. The third-order valence-electron chi connectivity index (χ3n) is 3.98. The van der Waals surface area contributed by atoms with Gasteiger partial charge in [0.1, 0.15) is 5.92 Å². The molecule has 0 aromatic heterocycles. The Labute approximate surface area is 128 Å². The van der Waals surface area contributed by atoms with Crippen molar-refractivity contribution in [2.75, 3.05) is 13.7 Å². The molecule has 1 saturated heterocycles. The monoisotopic (exact) mass is 296 g/mol. The number of hydrogen-bond acceptors (Lipinski definition) is 4. The molecule has 0 spiro atoms. The first kappa shape index (κ1) is 14.5. The van der Waals surface area contributed by atoms with Crippen LogP contribution in [0.4, 0.5) is 0 Å². The molecule has 22 heavy (non-hydrogen) atoms. The Morgan fingerprint density at radius 3 is 2.00 bits per heavy atom. The Hall–Kier alpha value is -2.46. The lowest BCUT2D eigenvalue weighted by Crippen LogP contribution is -2.38. The van der Waals surface area contributed by atoms with Gasteiger partial charge >= 0.3 is 5.97 Å². The highest BCUT2D eigenvalue weighted by Crippen LogP contribution is 2.42. The zero-order chi connectivity index (χ0) is 15.6. The molecule has 1 aliphatic rings. The topological polar surface area (TPSA) is 52.6 Å². The van der Waals surface area contributed by atoms with Crippen LogP contribution in [-0.4, -0.2) is 25.5 Å². The molecule has 4 heteroatoms. The van der Waals surface area contributed by atoms with Gasteiger partial charge in [-0.25, -0.2) is 0 Å². The molecular formula is C18H16O4. The van der Waals surface area contributed by atoms with Crippen LogP contribution >= 0.6 is 0 Å². The Kier molecular flexibility index (Phi) is 3.77. The minimum atomic E-state index is -1.25. The fourth-order valence-electron chi connectivity index (χ4n) is 2.88. The molecule has 2 aromatic rings. The third-order valence-corrected chi connectivity index (χ3v) is 3.98. The predicted octanol–water partition coefficient (Wildman–Crippen LogP) is 2.32. The van der Waals surface area contributed by atoms with E-state index in [1.54, 1.807) is 0 Å². The summed E-state index contributed by atoms with van der Waals surface area (Å²) in [5.41, 5.74) is 0.191. The zero-order valence-corrected chi connectivity index (χ0v) is 12.2. The van der Waals surface area contributed by atoms with Gasteiger partial charge in [-0.05, 0) is 11.1 Å². The normalized spacial score (nSPS) is 19.9. The summed E-state index contributed by atoms with van der Waals surface area (Å²) in [6.07, 6.45) is 0. The molecule has 1 atom stereocenters. The van der Waals surface area contributed by atoms with Gasteiger partial charge in [-0.1, -0.05) is 60.7 Å². The van der Waals surface area contributed by atoms with Gasteiger partial charge in [-0.2, -0.15) is 0 Å². The molecular weight excluding hydrogens is 280 g/mol. The molecule has 3 rings (SSSR count). The summed E-state index contributed by atoms with van der Waals surface area (Å²) in [7, 11) is 1.28. The van der Waals surface area contributed by atoms with Crippen LogP contribution in [-0.2, 0) is 24.7 Å². The summed E-state index contributed by atoms with van der Waals surface area (Å²) in [5.74, 6) is -1.74. The number of methoxy groups -OCH3 is 1. The van der Waals surface area contributed by atoms with Gasteiger partial charge in [0.25, 0.3) is 0 Å². The SMILES string of the molecule is COC(=O)C1COC(c2ccccc2)(c2ccccc2)C1=O. The van der Waals surface area contributed by atoms with Gasteiger partial charge in [0, 0.05) is 0 Å². The summed E-state index contributed by atoms with van der Waals surface area (Å²) in [5, 5.41) is 0. The lowest BCUT2D eigenvalue weighted by Gasteiger charge is -2.28. The molecule has 0 radical (unpaired) electrons. The summed E-state index contributed by atoms with van der Waals surface area (Å²) < 4.78 is 10.6. The molecule has 4 nitrogen and oxygen atoms in total. The molecule has 0 amide bonds. The zero-order valence-electron chi connectivity index (χ0n) is 12.2.